The minimum absolute atomic E-state index is 0.117. The van der Waals surface area contributed by atoms with Crippen molar-refractivity contribution in [3.8, 4) is 0 Å². The summed E-state index contributed by atoms with van der Waals surface area (Å²) in [5.41, 5.74) is 1.48. The van der Waals surface area contributed by atoms with E-state index in [2.05, 4.69) is 36.0 Å². The summed E-state index contributed by atoms with van der Waals surface area (Å²) in [6.07, 6.45) is 2.60. The lowest BCUT2D eigenvalue weighted by Crippen LogP contribution is -2.17. The van der Waals surface area contributed by atoms with Gasteiger partial charge < -0.3 is 20.9 Å². The molecule has 0 fully saturated rings. The van der Waals surface area contributed by atoms with Crippen LogP contribution >= 0.6 is 0 Å². The number of rotatable bonds is 8. The second-order valence-corrected chi connectivity index (χ2v) is 5.64. The Morgan fingerprint density at radius 2 is 2.04 bits per heavy atom. The molecule has 8 nitrogen and oxygen atoms in total. The van der Waals surface area contributed by atoms with E-state index < -0.39 is 0 Å². The van der Waals surface area contributed by atoms with E-state index in [0.29, 0.717) is 17.5 Å². The molecular formula is C16H23N7O. The van der Waals surface area contributed by atoms with Gasteiger partial charge in [-0.25, -0.2) is 0 Å². The van der Waals surface area contributed by atoms with E-state index in [4.69, 9.17) is 0 Å². The van der Waals surface area contributed by atoms with Crippen molar-refractivity contribution in [2.24, 2.45) is 0 Å². The fourth-order valence-electron chi connectivity index (χ4n) is 2.06. The van der Waals surface area contributed by atoms with Crippen molar-refractivity contribution in [3.63, 3.8) is 0 Å². The summed E-state index contributed by atoms with van der Waals surface area (Å²) in [6.45, 7) is 3.29. The molecule has 1 aromatic heterocycles. The van der Waals surface area contributed by atoms with Crippen LogP contribution in [0.3, 0.4) is 0 Å². The van der Waals surface area contributed by atoms with E-state index in [1.165, 1.54) is 6.92 Å². The first-order valence-electron chi connectivity index (χ1n) is 7.76. The maximum atomic E-state index is 11.1. The van der Waals surface area contributed by atoms with E-state index >= 15 is 0 Å². The zero-order valence-corrected chi connectivity index (χ0v) is 14.2. The highest BCUT2D eigenvalue weighted by atomic mass is 16.1. The fraction of sp³-hybridized carbons (Fsp3) is 0.375. The van der Waals surface area contributed by atoms with Crippen molar-refractivity contribution in [2.45, 2.75) is 13.3 Å². The molecule has 1 amide bonds. The molecule has 0 bridgehead atoms. The summed E-state index contributed by atoms with van der Waals surface area (Å²) < 4.78 is 0. The number of hydrogen-bond donors (Lipinski definition) is 3. The van der Waals surface area contributed by atoms with Gasteiger partial charge in [0.1, 0.15) is 0 Å². The van der Waals surface area contributed by atoms with Gasteiger partial charge >= 0.3 is 0 Å². The largest absolute Gasteiger partial charge is 0.369 e. The maximum absolute atomic E-state index is 11.1. The van der Waals surface area contributed by atoms with Crippen LogP contribution in [0.2, 0.25) is 0 Å². The number of nitrogens with one attached hydrogen (secondary N) is 3. The quantitative estimate of drug-likeness (QED) is 0.637. The third kappa shape index (κ3) is 6.17. The molecule has 2 aromatic rings. The number of benzene rings is 1. The highest BCUT2D eigenvalue weighted by molar-refractivity contribution is 5.89. The summed E-state index contributed by atoms with van der Waals surface area (Å²) in [5, 5.41) is 17.0. The number of hydrogen-bond acceptors (Lipinski definition) is 7. The van der Waals surface area contributed by atoms with Gasteiger partial charge in [0.05, 0.1) is 6.20 Å². The van der Waals surface area contributed by atoms with Crippen molar-refractivity contribution >= 4 is 29.0 Å². The van der Waals surface area contributed by atoms with E-state index in [0.717, 1.165) is 25.2 Å². The molecule has 0 aliphatic rings. The summed E-state index contributed by atoms with van der Waals surface area (Å²) in [5.74, 6) is 0.950. The average Bonchev–Trinajstić information content (AvgIpc) is 2.51. The Morgan fingerprint density at radius 3 is 2.79 bits per heavy atom. The topological polar surface area (TPSA) is 95.1 Å². The highest BCUT2D eigenvalue weighted by Gasteiger charge is 2.03. The van der Waals surface area contributed by atoms with Crippen LogP contribution in [0, 0.1) is 0 Å². The molecule has 0 aliphatic heterocycles. The molecule has 0 radical (unpaired) electrons. The first-order chi connectivity index (χ1) is 11.5. The zero-order chi connectivity index (χ0) is 17.4. The number of carbonyl (C=O) groups excluding carboxylic acids is 1. The molecule has 0 saturated carbocycles. The van der Waals surface area contributed by atoms with Crippen LogP contribution in [-0.2, 0) is 4.79 Å². The van der Waals surface area contributed by atoms with Crippen molar-refractivity contribution in [3.05, 3.63) is 30.5 Å². The molecule has 0 spiro atoms. The molecule has 1 aromatic carbocycles. The van der Waals surface area contributed by atoms with Crippen molar-refractivity contribution in [1.82, 2.24) is 20.1 Å². The summed E-state index contributed by atoms with van der Waals surface area (Å²) in [6, 6.07) is 7.33. The minimum atomic E-state index is -0.117. The standard InChI is InChI=1S/C16H23N7O/c1-12(24)19-13-6-4-7-14(10-13)20-16-21-15(11-18-22-16)17-8-5-9-23(2)3/h4,6-7,10-11H,5,8-9H2,1-3H3,(H,19,24)(H2,17,20,21,22). The Balaban J connectivity index is 1.95. The van der Waals surface area contributed by atoms with Crippen molar-refractivity contribution < 1.29 is 4.79 Å². The summed E-state index contributed by atoms with van der Waals surface area (Å²) in [7, 11) is 4.09. The number of carbonyl (C=O) groups is 1. The molecular weight excluding hydrogens is 306 g/mol. The van der Waals surface area contributed by atoms with Gasteiger partial charge in [-0.2, -0.15) is 10.1 Å². The molecule has 0 unspecified atom stereocenters. The van der Waals surface area contributed by atoms with Gasteiger partial charge in [0.2, 0.25) is 11.9 Å². The molecule has 1 heterocycles. The van der Waals surface area contributed by atoms with E-state index in [-0.39, 0.29) is 5.91 Å². The van der Waals surface area contributed by atoms with Crippen LogP contribution in [0.4, 0.5) is 23.1 Å². The van der Waals surface area contributed by atoms with Crippen LogP contribution in [0.5, 0.6) is 0 Å². The van der Waals surface area contributed by atoms with Gasteiger partial charge in [0, 0.05) is 24.8 Å². The van der Waals surface area contributed by atoms with Crippen LogP contribution in [-0.4, -0.2) is 53.2 Å². The van der Waals surface area contributed by atoms with E-state index in [9.17, 15) is 4.79 Å². The monoisotopic (exact) mass is 329 g/mol. The zero-order valence-electron chi connectivity index (χ0n) is 14.2. The molecule has 24 heavy (non-hydrogen) atoms. The maximum Gasteiger partial charge on any atom is 0.249 e. The lowest BCUT2D eigenvalue weighted by molar-refractivity contribution is -0.114. The van der Waals surface area contributed by atoms with Gasteiger partial charge in [-0.15, -0.1) is 5.10 Å². The molecule has 0 saturated heterocycles. The third-order valence-corrected chi connectivity index (χ3v) is 3.09. The Labute approximate surface area is 141 Å². The normalized spacial score (nSPS) is 10.5. The Kier molecular flexibility index (Phi) is 6.44. The number of nitrogens with zero attached hydrogens (tertiary/aromatic N) is 4. The lowest BCUT2D eigenvalue weighted by atomic mass is 10.3. The molecule has 0 aliphatic carbocycles. The van der Waals surface area contributed by atoms with Crippen molar-refractivity contribution in [2.75, 3.05) is 43.1 Å². The predicted octanol–water partition coefficient (Wildman–Crippen LogP) is 1.94. The number of anilines is 4. The summed E-state index contributed by atoms with van der Waals surface area (Å²) >= 11 is 0. The van der Waals surface area contributed by atoms with Gasteiger partial charge in [0.15, 0.2) is 5.82 Å². The fourth-order valence-corrected chi connectivity index (χ4v) is 2.06. The van der Waals surface area contributed by atoms with Gasteiger partial charge in [-0.3, -0.25) is 4.79 Å². The first kappa shape index (κ1) is 17.6. The Morgan fingerprint density at radius 1 is 1.25 bits per heavy atom. The van der Waals surface area contributed by atoms with E-state index in [1.807, 2.05) is 38.4 Å². The predicted molar refractivity (Wildman–Crippen MR) is 95.5 cm³/mol. The Hall–Kier alpha value is -2.74. The number of amides is 1. The molecule has 3 N–H and O–H groups in total. The lowest BCUT2D eigenvalue weighted by Gasteiger charge is -2.11. The first-order valence-corrected chi connectivity index (χ1v) is 7.76. The molecule has 8 heteroatoms. The molecule has 0 atom stereocenters. The van der Waals surface area contributed by atoms with Crippen LogP contribution in [0.1, 0.15) is 13.3 Å². The van der Waals surface area contributed by atoms with Crippen LogP contribution in [0.25, 0.3) is 0 Å². The van der Waals surface area contributed by atoms with Gasteiger partial charge in [-0.1, -0.05) is 6.07 Å². The van der Waals surface area contributed by atoms with Crippen LogP contribution in [0.15, 0.2) is 30.5 Å². The van der Waals surface area contributed by atoms with Gasteiger partial charge in [0.25, 0.3) is 0 Å². The highest BCUT2D eigenvalue weighted by Crippen LogP contribution is 2.18. The second kappa shape index (κ2) is 8.78. The summed E-state index contributed by atoms with van der Waals surface area (Å²) in [4.78, 5) is 17.6. The van der Waals surface area contributed by atoms with Gasteiger partial charge in [-0.05, 0) is 45.3 Å². The smallest absolute Gasteiger partial charge is 0.249 e. The van der Waals surface area contributed by atoms with Crippen LogP contribution < -0.4 is 16.0 Å². The number of aromatic nitrogens is 3. The second-order valence-electron chi connectivity index (χ2n) is 5.64. The van der Waals surface area contributed by atoms with Crippen molar-refractivity contribution in [1.29, 1.82) is 0 Å². The molecule has 2 rings (SSSR count). The molecule has 128 valence electrons. The third-order valence-electron chi connectivity index (χ3n) is 3.09. The Bertz CT molecular complexity index is 675. The SMILES string of the molecule is CC(=O)Nc1cccc(Nc2nncc(NCCCN(C)C)n2)c1. The minimum Gasteiger partial charge on any atom is -0.369 e. The van der Waals surface area contributed by atoms with E-state index in [1.54, 1.807) is 6.20 Å². The average molecular weight is 329 g/mol.